The summed E-state index contributed by atoms with van der Waals surface area (Å²) in [5, 5.41) is 8.84. The normalized spacial score (nSPS) is 11.5. The molecule has 0 saturated heterocycles. The average Bonchev–Trinajstić information content (AvgIpc) is 2.97. The van der Waals surface area contributed by atoms with Crippen molar-refractivity contribution in [3.05, 3.63) is 30.0 Å². The van der Waals surface area contributed by atoms with E-state index in [1.54, 1.807) is 7.11 Å². The number of rotatable bonds is 6. The Labute approximate surface area is 135 Å². The molecule has 22 heavy (non-hydrogen) atoms. The standard InChI is InChI=1S/C16H21N3O2S/c1-4-5-9-17-16(22)19-18-11(2)14-10-12-7-6-8-13(20-3)15(12)21-14/h6-8,10H,4-5,9H2,1-3H3,(H2,17,19,22)/b18-11-. The van der Waals surface area contributed by atoms with Crippen LogP contribution in [-0.2, 0) is 0 Å². The van der Waals surface area contributed by atoms with Gasteiger partial charge in [-0.3, -0.25) is 5.43 Å². The first-order valence-electron chi connectivity index (χ1n) is 7.30. The van der Waals surface area contributed by atoms with Crippen LogP contribution in [0.2, 0.25) is 0 Å². The predicted octanol–water partition coefficient (Wildman–Crippen LogP) is 3.43. The Balaban J connectivity index is 2.07. The first-order valence-corrected chi connectivity index (χ1v) is 7.71. The highest BCUT2D eigenvalue weighted by atomic mass is 32.1. The number of unbranched alkanes of at least 4 members (excludes halogenated alkanes) is 1. The SMILES string of the molecule is CCCCNC(=S)N/N=C(/C)c1cc2cccc(OC)c2o1. The van der Waals surface area contributed by atoms with Crippen molar-refractivity contribution in [1.82, 2.24) is 10.7 Å². The number of benzene rings is 1. The molecule has 0 saturated carbocycles. The Morgan fingerprint density at radius 1 is 1.41 bits per heavy atom. The fourth-order valence-corrected chi connectivity index (χ4v) is 2.13. The molecule has 0 atom stereocenters. The van der Waals surface area contributed by atoms with Crippen LogP contribution in [-0.4, -0.2) is 24.5 Å². The highest BCUT2D eigenvalue weighted by Gasteiger charge is 2.10. The summed E-state index contributed by atoms with van der Waals surface area (Å²) in [6, 6.07) is 7.71. The molecular formula is C16H21N3O2S. The molecule has 0 fully saturated rings. The average molecular weight is 319 g/mol. The number of ether oxygens (including phenoxy) is 1. The smallest absolute Gasteiger partial charge is 0.186 e. The van der Waals surface area contributed by atoms with Crippen molar-refractivity contribution in [1.29, 1.82) is 0 Å². The number of hydrazone groups is 1. The van der Waals surface area contributed by atoms with Gasteiger partial charge in [0.2, 0.25) is 0 Å². The molecule has 6 heteroatoms. The zero-order valence-electron chi connectivity index (χ0n) is 13.1. The number of thiocarbonyl (C=S) groups is 1. The van der Waals surface area contributed by atoms with Crippen molar-refractivity contribution in [2.24, 2.45) is 5.10 Å². The lowest BCUT2D eigenvalue weighted by Crippen LogP contribution is -2.33. The van der Waals surface area contributed by atoms with Gasteiger partial charge in [-0.15, -0.1) is 0 Å². The molecule has 2 aromatic rings. The molecule has 0 radical (unpaired) electrons. The lowest BCUT2D eigenvalue weighted by molar-refractivity contribution is 0.410. The number of nitrogens with zero attached hydrogens (tertiary/aromatic N) is 1. The monoisotopic (exact) mass is 319 g/mol. The Kier molecular flexibility index (Phi) is 5.77. The molecule has 0 aliphatic rings. The zero-order chi connectivity index (χ0) is 15.9. The van der Waals surface area contributed by atoms with E-state index in [1.165, 1.54) is 0 Å². The van der Waals surface area contributed by atoms with Crippen molar-refractivity contribution in [3.63, 3.8) is 0 Å². The molecule has 2 rings (SSSR count). The molecule has 0 spiro atoms. The van der Waals surface area contributed by atoms with Gasteiger partial charge >= 0.3 is 0 Å². The van der Waals surface area contributed by atoms with Crippen LogP contribution in [0.1, 0.15) is 32.4 Å². The quantitative estimate of drug-likeness (QED) is 0.370. The second-order valence-electron chi connectivity index (χ2n) is 4.91. The minimum atomic E-state index is 0.515. The van der Waals surface area contributed by atoms with Gasteiger partial charge in [-0.1, -0.05) is 25.5 Å². The van der Waals surface area contributed by atoms with E-state index in [-0.39, 0.29) is 0 Å². The van der Waals surface area contributed by atoms with Gasteiger partial charge < -0.3 is 14.5 Å². The number of methoxy groups -OCH3 is 1. The van der Waals surface area contributed by atoms with E-state index in [1.807, 2.05) is 31.2 Å². The van der Waals surface area contributed by atoms with Gasteiger partial charge in [0.25, 0.3) is 0 Å². The Hall–Kier alpha value is -2.08. The maximum atomic E-state index is 5.82. The first-order chi connectivity index (χ1) is 10.7. The highest BCUT2D eigenvalue weighted by Crippen LogP contribution is 2.28. The minimum absolute atomic E-state index is 0.515. The number of nitrogens with one attached hydrogen (secondary N) is 2. The Morgan fingerprint density at radius 3 is 2.95 bits per heavy atom. The van der Waals surface area contributed by atoms with E-state index in [0.29, 0.717) is 16.6 Å². The number of hydrogen-bond acceptors (Lipinski definition) is 4. The lowest BCUT2D eigenvalue weighted by Gasteiger charge is -2.06. The van der Waals surface area contributed by atoms with Crippen LogP contribution in [0.3, 0.4) is 0 Å². The maximum Gasteiger partial charge on any atom is 0.186 e. The third-order valence-electron chi connectivity index (χ3n) is 3.23. The molecule has 5 nitrogen and oxygen atoms in total. The second-order valence-corrected chi connectivity index (χ2v) is 5.32. The number of furan rings is 1. The van der Waals surface area contributed by atoms with Gasteiger partial charge in [-0.2, -0.15) is 5.10 Å². The third-order valence-corrected chi connectivity index (χ3v) is 3.46. The minimum Gasteiger partial charge on any atom is -0.493 e. The van der Waals surface area contributed by atoms with Gasteiger partial charge in [-0.05, 0) is 37.7 Å². The molecule has 0 unspecified atom stereocenters. The van der Waals surface area contributed by atoms with Crippen LogP contribution in [0.4, 0.5) is 0 Å². The topological polar surface area (TPSA) is 58.8 Å². The summed E-state index contributed by atoms with van der Waals surface area (Å²) in [5.41, 5.74) is 4.27. The lowest BCUT2D eigenvalue weighted by atomic mass is 10.2. The van der Waals surface area contributed by atoms with Crippen LogP contribution in [0.25, 0.3) is 11.0 Å². The van der Waals surface area contributed by atoms with E-state index in [2.05, 4.69) is 22.8 Å². The van der Waals surface area contributed by atoms with E-state index >= 15 is 0 Å². The van der Waals surface area contributed by atoms with Gasteiger partial charge in [-0.25, -0.2) is 0 Å². The van der Waals surface area contributed by atoms with E-state index < -0.39 is 0 Å². The van der Waals surface area contributed by atoms with Crippen molar-refractivity contribution in [3.8, 4) is 5.75 Å². The second kappa shape index (κ2) is 7.79. The van der Waals surface area contributed by atoms with Crippen molar-refractivity contribution >= 4 is 34.0 Å². The summed E-state index contributed by atoms with van der Waals surface area (Å²) >= 11 is 5.16. The molecule has 0 aliphatic heterocycles. The van der Waals surface area contributed by atoms with Crippen molar-refractivity contribution in [2.75, 3.05) is 13.7 Å². The summed E-state index contributed by atoms with van der Waals surface area (Å²) in [4.78, 5) is 0. The van der Waals surface area contributed by atoms with Gasteiger partial charge in [0, 0.05) is 11.9 Å². The fourth-order valence-electron chi connectivity index (χ4n) is 1.98. The number of para-hydroxylation sites is 1. The van der Waals surface area contributed by atoms with Crippen LogP contribution >= 0.6 is 12.2 Å². The maximum absolute atomic E-state index is 5.82. The largest absolute Gasteiger partial charge is 0.493 e. The van der Waals surface area contributed by atoms with Crippen molar-refractivity contribution in [2.45, 2.75) is 26.7 Å². The van der Waals surface area contributed by atoms with Gasteiger partial charge in [0.15, 0.2) is 22.2 Å². The first kappa shape index (κ1) is 16.3. The Bertz CT molecular complexity index is 679. The Morgan fingerprint density at radius 2 is 2.23 bits per heavy atom. The van der Waals surface area contributed by atoms with Crippen LogP contribution < -0.4 is 15.5 Å². The molecular weight excluding hydrogens is 298 g/mol. The van der Waals surface area contributed by atoms with Crippen LogP contribution in [0, 0.1) is 0 Å². The molecule has 0 amide bonds. The number of fused-ring (bicyclic) bond motifs is 1. The summed E-state index contributed by atoms with van der Waals surface area (Å²) < 4.78 is 11.1. The number of hydrogen-bond donors (Lipinski definition) is 2. The molecule has 1 heterocycles. The molecule has 118 valence electrons. The summed E-state index contributed by atoms with van der Waals surface area (Å²) in [7, 11) is 1.62. The van der Waals surface area contributed by atoms with Crippen LogP contribution in [0.15, 0.2) is 33.8 Å². The predicted molar refractivity (Wildman–Crippen MR) is 93.6 cm³/mol. The molecule has 1 aromatic heterocycles. The summed E-state index contributed by atoms with van der Waals surface area (Å²) in [6.07, 6.45) is 2.20. The molecule has 0 bridgehead atoms. The van der Waals surface area contributed by atoms with E-state index in [0.717, 1.165) is 36.1 Å². The zero-order valence-corrected chi connectivity index (χ0v) is 13.9. The molecule has 0 aliphatic carbocycles. The molecule has 1 aromatic carbocycles. The fraction of sp³-hybridized carbons (Fsp3) is 0.375. The van der Waals surface area contributed by atoms with E-state index in [9.17, 15) is 0 Å². The van der Waals surface area contributed by atoms with E-state index in [4.69, 9.17) is 21.4 Å². The highest BCUT2D eigenvalue weighted by molar-refractivity contribution is 7.80. The van der Waals surface area contributed by atoms with Crippen LogP contribution in [0.5, 0.6) is 5.75 Å². The molecule has 2 N–H and O–H groups in total. The van der Waals surface area contributed by atoms with Gasteiger partial charge in [0.1, 0.15) is 5.71 Å². The van der Waals surface area contributed by atoms with Crippen molar-refractivity contribution < 1.29 is 9.15 Å². The van der Waals surface area contributed by atoms with Gasteiger partial charge in [0.05, 0.1) is 7.11 Å². The third kappa shape index (κ3) is 3.98. The summed E-state index contributed by atoms with van der Waals surface area (Å²) in [6.45, 7) is 4.85. The summed E-state index contributed by atoms with van der Waals surface area (Å²) in [5.74, 6) is 1.39.